The minimum absolute atomic E-state index is 0.00287. The van der Waals surface area contributed by atoms with E-state index >= 15 is 0 Å². The van der Waals surface area contributed by atoms with Gasteiger partial charge in [0.15, 0.2) is 11.5 Å². The van der Waals surface area contributed by atoms with Crippen LogP contribution in [0, 0.1) is 0 Å². The van der Waals surface area contributed by atoms with Crippen LogP contribution in [0.15, 0.2) is 76.0 Å². The lowest BCUT2D eigenvalue weighted by Crippen LogP contribution is -2.40. The largest absolute Gasteiger partial charge is 0.493 e. The van der Waals surface area contributed by atoms with Gasteiger partial charge in [0.05, 0.1) is 31.9 Å². The Hall–Kier alpha value is -3.21. The Balaban J connectivity index is 1.81. The third-order valence-corrected chi connectivity index (χ3v) is 7.38. The van der Waals surface area contributed by atoms with Gasteiger partial charge in [0.25, 0.3) is 5.91 Å². The predicted octanol–water partition coefficient (Wildman–Crippen LogP) is 3.15. The van der Waals surface area contributed by atoms with Gasteiger partial charge in [-0.3, -0.25) is 4.79 Å². The molecule has 3 aromatic rings. The zero-order chi connectivity index (χ0) is 23.7. The van der Waals surface area contributed by atoms with Crippen LogP contribution < -0.4 is 14.9 Å². The highest BCUT2D eigenvalue weighted by Crippen LogP contribution is 2.30. The van der Waals surface area contributed by atoms with Crippen molar-refractivity contribution >= 4 is 33.5 Å². The van der Waals surface area contributed by atoms with Crippen LogP contribution in [0.2, 0.25) is 0 Å². The number of nitrogens with zero attached hydrogens (tertiary/aromatic N) is 2. The van der Waals surface area contributed by atoms with Crippen molar-refractivity contribution in [3.63, 3.8) is 0 Å². The maximum Gasteiger partial charge on any atom is 0.255 e. The Morgan fingerprint density at radius 3 is 2.48 bits per heavy atom. The van der Waals surface area contributed by atoms with E-state index in [1.165, 1.54) is 50.0 Å². The SMILES string of the molecule is COc1ccc(S(=O)(=O)N(CCc2ccccc2)CC(=O)N/N=C\c2cccs2)cc1OC. The first-order chi connectivity index (χ1) is 15.9. The van der Waals surface area contributed by atoms with Crippen molar-refractivity contribution in [3.05, 3.63) is 76.5 Å². The van der Waals surface area contributed by atoms with Gasteiger partial charge >= 0.3 is 0 Å². The summed E-state index contributed by atoms with van der Waals surface area (Å²) < 4.78 is 38.4. The molecule has 174 valence electrons. The number of thiophene rings is 1. The summed E-state index contributed by atoms with van der Waals surface area (Å²) in [5, 5.41) is 5.81. The summed E-state index contributed by atoms with van der Waals surface area (Å²) in [7, 11) is -1.10. The summed E-state index contributed by atoms with van der Waals surface area (Å²) in [5.74, 6) is 0.152. The first-order valence-corrected chi connectivity index (χ1v) is 12.4. The fraction of sp³-hybridized carbons (Fsp3) is 0.217. The van der Waals surface area contributed by atoms with Crippen molar-refractivity contribution in [2.45, 2.75) is 11.3 Å². The Bertz CT molecular complexity index is 1180. The van der Waals surface area contributed by atoms with E-state index in [9.17, 15) is 13.2 Å². The van der Waals surface area contributed by atoms with Gasteiger partial charge in [-0.1, -0.05) is 36.4 Å². The quantitative estimate of drug-likeness (QED) is 0.331. The third-order valence-electron chi connectivity index (χ3n) is 4.73. The molecule has 0 unspecified atom stereocenters. The number of nitrogens with one attached hydrogen (secondary N) is 1. The number of rotatable bonds is 11. The number of hydrogen-bond acceptors (Lipinski definition) is 7. The first-order valence-electron chi connectivity index (χ1n) is 10.1. The van der Waals surface area contributed by atoms with Crippen LogP contribution in [0.3, 0.4) is 0 Å². The maximum absolute atomic E-state index is 13.4. The highest BCUT2D eigenvalue weighted by atomic mass is 32.2. The summed E-state index contributed by atoms with van der Waals surface area (Å²) in [6.45, 7) is -0.270. The molecule has 33 heavy (non-hydrogen) atoms. The van der Waals surface area contributed by atoms with E-state index in [1.54, 1.807) is 0 Å². The highest BCUT2D eigenvalue weighted by molar-refractivity contribution is 7.89. The molecule has 8 nitrogen and oxygen atoms in total. The van der Waals surface area contributed by atoms with Crippen molar-refractivity contribution in [3.8, 4) is 11.5 Å². The average molecular weight is 488 g/mol. The van der Waals surface area contributed by atoms with Gasteiger partial charge in [0, 0.05) is 17.5 Å². The summed E-state index contributed by atoms with van der Waals surface area (Å²) in [6, 6.07) is 17.5. The van der Waals surface area contributed by atoms with Crippen LogP contribution in [-0.2, 0) is 21.2 Å². The van der Waals surface area contributed by atoms with Gasteiger partial charge < -0.3 is 9.47 Å². The first kappa shape index (κ1) is 24.4. The molecule has 0 aliphatic rings. The smallest absolute Gasteiger partial charge is 0.255 e. The van der Waals surface area contributed by atoms with Crippen LogP contribution >= 0.6 is 11.3 Å². The normalized spacial score (nSPS) is 11.6. The van der Waals surface area contributed by atoms with Gasteiger partial charge in [-0.15, -0.1) is 11.3 Å². The van der Waals surface area contributed by atoms with E-state index in [1.807, 2.05) is 47.8 Å². The highest BCUT2D eigenvalue weighted by Gasteiger charge is 2.27. The minimum Gasteiger partial charge on any atom is -0.493 e. The van der Waals surface area contributed by atoms with Gasteiger partial charge in [0.2, 0.25) is 10.0 Å². The zero-order valence-electron chi connectivity index (χ0n) is 18.3. The molecule has 1 heterocycles. The monoisotopic (exact) mass is 487 g/mol. The van der Waals surface area contributed by atoms with E-state index in [0.717, 1.165) is 14.7 Å². The molecule has 0 saturated carbocycles. The van der Waals surface area contributed by atoms with Gasteiger partial charge in [-0.25, -0.2) is 13.8 Å². The average Bonchev–Trinajstić information content (AvgIpc) is 3.35. The van der Waals surface area contributed by atoms with Crippen molar-refractivity contribution in [1.82, 2.24) is 9.73 Å². The molecule has 0 radical (unpaired) electrons. The van der Waals surface area contributed by atoms with Crippen LogP contribution in [0.1, 0.15) is 10.4 Å². The van der Waals surface area contributed by atoms with Crippen molar-refractivity contribution in [2.75, 3.05) is 27.3 Å². The molecule has 0 aliphatic heterocycles. The molecule has 2 aromatic carbocycles. The fourth-order valence-electron chi connectivity index (χ4n) is 3.04. The molecular weight excluding hydrogens is 462 g/mol. The standard InChI is InChI=1S/C23H25N3O5S2/c1-30-21-11-10-20(15-22(21)31-2)33(28,29)26(13-12-18-7-4-3-5-8-18)17-23(27)25-24-16-19-9-6-14-32-19/h3-11,14-16H,12-13,17H2,1-2H3,(H,25,27)/b24-16-. The second-order valence-corrected chi connectivity index (χ2v) is 9.82. The molecule has 0 atom stereocenters. The number of amides is 1. The lowest BCUT2D eigenvalue weighted by Gasteiger charge is -2.22. The molecule has 10 heteroatoms. The number of hydrogen-bond donors (Lipinski definition) is 1. The number of carbonyl (C=O) groups is 1. The number of hydrazone groups is 1. The molecule has 0 spiro atoms. The maximum atomic E-state index is 13.4. The Labute approximate surface area is 197 Å². The topological polar surface area (TPSA) is 97.3 Å². The van der Waals surface area contributed by atoms with Gasteiger partial charge in [-0.2, -0.15) is 9.41 Å². The van der Waals surface area contributed by atoms with Gasteiger partial charge in [0.1, 0.15) is 0 Å². The summed E-state index contributed by atoms with van der Waals surface area (Å²) in [5.41, 5.74) is 3.36. The number of carbonyl (C=O) groups excluding carboxylic acids is 1. The molecule has 0 bridgehead atoms. The molecule has 3 rings (SSSR count). The number of sulfonamides is 1. The van der Waals surface area contributed by atoms with Crippen LogP contribution in [0.4, 0.5) is 0 Å². The Kier molecular flexibility index (Phi) is 8.58. The van der Waals surface area contributed by atoms with Crippen molar-refractivity contribution in [2.24, 2.45) is 5.10 Å². The zero-order valence-corrected chi connectivity index (χ0v) is 19.9. The summed E-state index contributed by atoms with van der Waals surface area (Å²) in [4.78, 5) is 13.4. The molecule has 0 saturated heterocycles. The van der Waals surface area contributed by atoms with Crippen molar-refractivity contribution < 1.29 is 22.7 Å². The second-order valence-electron chi connectivity index (χ2n) is 6.90. The summed E-state index contributed by atoms with van der Waals surface area (Å²) in [6.07, 6.45) is 1.96. The van der Waals surface area contributed by atoms with E-state index in [4.69, 9.17) is 9.47 Å². The third kappa shape index (κ3) is 6.64. The van der Waals surface area contributed by atoms with E-state index < -0.39 is 15.9 Å². The Morgan fingerprint density at radius 1 is 1.06 bits per heavy atom. The molecule has 1 amide bonds. The molecule has 1 N–H and O–H groups in total. The van der Waals surface area contributed by atoms with Crippen LogP contribution in [-0.4, -0.2) is 52.2 Å². The predicted molar refractivity (Wildman–Crippen MR) is 129 cm³/mol. The molecule has 1 aromatic heterocycles. The number of ether oxygens (including phenoxy) is 2. The number of methoxy groups -OCH3 is 2. The molecular formula is C23H25N3O5S2. The van der Waals surface area contributed by atoms with Crippen molar-refractivity contribution in [1.29, 1.82) is 0 Å². The fourth-order valence-corrected chi connectivity index (χ4v) is 5.03. The lowest BCUT2D eigenvalue weighted by atomic mass is 10.1. The summed E-state index contributed by atoms with van der Waals surface area (Å²) >= 11 is 1.47. The van der Waals surface area contributed by atoms with Gasteiger partial charge in [-0.05, 0) is 35.6 Å². The minimum atomic E-state index is -4.00. The van der Waals surface area contributed by atoms with E-state index in [0.29, 0.717) is 12.2 Å². The second kappa shape index (κ2) is 11.6. The number of benzene rings is 2. The van der Waals surface area contributed by atoms with E-state index in [2.05, 4.69) is 10.5 Å². The van der Waals surface area contributed by atoms with E-state index in [-0.39, 0.29) is 23.7 Å². The Morgan fingerprint density at radius 2 is 1.82 bits per heavy atom. The van der Waals surface area contributed by atoms with Crippen LogP contribution in [0.5, 0.6) is 11.5 Å². The molecule has 0 fully saturated rings. The van der Waals surface area contributed by atoms with Crippen LogP contribution in [0.25, 0.3) is 0 Å². The molecule has 0 aliphatic carbocycles. The lowest BCUT2D eigenvalue weighted by molar-refractivity contribution is -0.121.